The van der Waals surface area contributed by atoms with Gasteiger partial charge in [0.2, 0.25) is 5.92 Å². The maximum absolute atomic E-state index is 13.4. The van der Waals surface area contributed by atoms with E-state index in [0.717, 1.165) is 12.0 Å². The molecule has 6 nitrogen and oxygen atoms in total. The summed E-state index contributed by atoms with van der Waals surface area (Å²) in [7, 11) is 1.27. The zero-order chi connectivity index (χ0) is 22.1. The summed E-state index contributed by atoms with van der Waals surface area (Å²) < 4.78 is 31.5. The van der Waals surface area contributed by atoms with E-state index in [-0.39, 0.29) is 36.5 Å². The van der Waals surface area contributed by atoms with Crippen LogP contribution in [0.5, 0.6) is 0 Å². The van der Waals surface area contributed by atoms with Crippen LogP contribution in [0.2, 0.25) is 0 Å². The van der Waals surface area contributed by atoms with E-state index in [9.17, 15) is 13.6 Å². The Morgan fingerprint density at radius 1 is 1.34 bits per heavy atom. The first-order chi connectivity index (χ1) is 13.9. The highest BCUT2D eigenvalue weighted by atomic mass is 19.3. The molecule has 1 saturated heterocycles. The van der Waals surface area contributed by atoms with Crippen molar-refractivity contribution in [2.24, 2.45) is 5.41 Å². The lowest BCUT2D eigenvalue weighted by Gasteiger charge is -2.52. The lowest BCUT2D eigenvalue weighted by atomic mass is 9.59. The number of halogens is 2. The zero-order valence-electron chi connectivity index (χ0n) is 17.9. The van der Waals surface area contributed by atoms with Gasteiger partial charge in [-0.25, -0.2) is 18.6 Å². The first-order valence-electron chi connectivity index (χ1n) is 10.2. The molecule has 1 unspecified atom stereocenters. The lowest BCUT2D eigenvalue weighted by Crippen LogP contribution is -2.52. The lowest BCUT2D eigenvalue weighted by molar-refractivity contribution is -0.174. The van der Waals surface area contributed by atoms with E-state index in [1.54, 1.807) is 12.1 Å². The van der Waals surface area contributed by atoms with Crippen LogP contribution in [0.25, 0.3) is 0 Å². The normalized spacial score (nSPS) is 20.6. The van der Waals surface area contributed by atoms with Crippen molar-refractivity contribution in [3.8, 4) is 6.07 Å². The summed E-state index contributed by atoms with van der Waals surface area (Å²) in [5, 5.41) is 15.0. The highest BCUT2D eigenvalue weighted by Crippen LogP contribution is 2.59. The van der Waals surface area contributed by atoms with Crippen molar-refractivity contribution in [2.75, 3.05) is 25.5 Å². The number of methoxy groups -OCH3 is 1. The van der Waals surface area contributed by atoms with Gasteiger partial charge in [0.25, 0.3) is 0 Å². The third-order valence-electron chi connectivity index (χ3n) is 4.98. The third-order valence-corrected chi connectivity index (χ3v) is 4.98. The number of esters is 1. The molecule has 2 fully saturated rings. The molecule has 2 heterocycles. The Bertz CT molecular complexity index is 711. The summed E-state index contributed by atoms with van der Waals surface area (Å²) in [6.07, 6.45) is 1.16. The Morgan fingerprint density at radius 3 is 2.55 bits per heavy atom. The highest BCUT2D eigenvalue weighted by molar-refractivity contribution is 5.87. The summed E-state index contributed by atoms with van der Waals surface area (Å²) in [4.78, 5) is 15.9. The van der Waals surface area contributed by atoms with Crippen LogP contribution in [0.4, 0.5) is 14.6 Å². The number of nitrogens with zero attached hydrogens (tertiary/aromatic N) is 2. The Morgan fingerprint density at radius 2 is 2.00 bits per heavy atom. The number of carbonyl (C=O) groups excluding carboxylic acids is 1. The molecular weight excluding hydrogens is 378 g/mol. The summed E-state index contributed by atoms with van der Waals surface area (Å²) in [5.74, 6) is -2.72. The molecule has 1 spiro atoms. The van der Waals surface area contributed by atoms with E-state index in [1.807, 2.05) is 33.8 Å². The van der Waals surface area contributed by atoms with Gasteiger partial charge in [-0.3, -0.25) is 0 Å². The minimum absolute atomic E-state index is 0.0283. The molecule has 1 saturated carbocycles. The fourth-order valence-electron chi connectivity index (χ4n) is 3.94. The molecule has 2 aliphatic rings. The zero-order valence-corrected chi connectivity index (χ0v) is 17.9. The second kappa shape index (κ2) is 11.1. The predicted octanol–water partition coefficient (Wildman–Crippen LogP) is 4.70. The Hall–Kier alpha value is -2.27. The average Bonchev–Trinajstić information content (AvgIpc) is 2.73. The van der Waals surface area contributed by atoms with E-state index in [4.69, 9.17) is 5.26 Å². The van der Waals surface area contributed by atoms with Crippen LogP contribution in [-0.2, 0) is 4.74 Å². The highest BCUT2D eigenvalue weighted by Gasteiger charge is 2.57. The molecule has 1 aromatic heterocycles. The van der Waals surface area contributed by atoms with Crippen LogP contribution in [-0.4, -0.2) is 37.1 Å². The maximum atomic E-state index is 13.4. The van der Waals surface area contributed by atoms with Crippen LogP contribution < -0.4 is 10.6 Å². The molecule has 0 radical (unpaired) electrons. The van der Waals surface area contributed by atoms with Gasteiger partial charge < -0.3 is 15.4 Å². The molecular formula is C21H32F2N4O2. The van der Waals surface area contributed by atoms with Crippen LogP contribution in [0.3, 0.4) is 0 Å². The number of nitrogens with one attached hydrogen (secondary N) is 2. The summed E-state index contributed by atoms with van der Waals surface area (Å²) >= 11 is 0. The molecule has 1 atom stereocenters. The van der Waals surface area contributed by atoms with Crippen LogP contribution in [0, 0.1) is 16.7 Å². The summed E-state index contributed by atoms with van der Waals surface area (Å²) in [6, 6.07) is 5.12. The van der Waals surface area contributed by atoms with Crippen LogP contribution in [0.1, 0.15) is 75.5 Å². The fraction of sp³-hybridized carbons (Fsp3) is 0.667. The number of alkyl halides is 2. The van der Waals surface area contributed by atoms with Crippen molar-refractivity contribution in [2.45, 2.75) is 65.3 Å². The van der Waals surface area contributed by atoms with Crippen molar-refractivity contribution >= 4 is 11.8 Å². The van der Waals surface area contributed by atoms with Crippen molar-refractivity contribution in [3.05, 3.63) is 23.4 Å². The average molecular weight is 411 g/mol. The second-order valence-electron chi connectivity index (χ2n) is 6.81. The van der Waals surface area contributed by atoms with Gasteiger partial charge in [-0.2, -0.15) is 5.26 Å². The summed E-state index contributed by atoms with van der Waals surface area (Å²) in [6.45, 7) is 8.68. The van der Waals surface area contributed by atoms with Gasteiger partial charge in [-0.1, -0.05) is 33.8 Å². The molecule has 0 amide bonds. The van der Waals surface area contributed by atoms with Gasteiger partial charge >= 0.3 is 5.97 Å². The van der Waals surface area contributed by atoms with E-state index < -0.39 is 11.9 Å². The minimum Gasteiger partial charge on any atom is -0.464 e. The molecule has 3 rings (SSSR count). The van der Waals surface area contributed by atoms with Crippen LogP contribution in [0.15, 0.2) is 12.1 Å². The van der Waals surface area contributed by atoms with Crippen molar-refractivity contribution in [1.29, 1.82) is 5.26 Å². The van der Waals surface area contributed by atoms with E-state index >= 15 is 0 Å². The number of nitriles is 1. The number of anilines is 1. The second-order valence-corrected chi connectivity index (χ2v) is 6.81. The van der Waals surface area contributed by atoms with E-state index in [0.29, 0.717) is 18.8 Å². The number of ether oxygens (including phenoxy) is 1. The number of pyridine rings is 1. The maximum Gasteiger partial charge on any atom is 0.356 e. The molecule has 1 aliphatic carbocycles. The molecule has 29 heavy (non-hydrogen) atoms. The molecule has 8 heteroatoms. The largest absolute Gasteiger partial charge is 0.464 e. The van der Waals surface area contributed by atoms with Crippen molar-refractivity contribution in [3.63, 3.8) is 0 Å². The van der Waals surface area contributed by atoms with Gasteiger partial charge in [0.1, 0.15) is 12.4 Å². The standard InChI is InChI=1S/C17H20F2N4O2.2C2H6/c1-25-15(24)12-3-2-11(14(23-12)22-7-5-20)13-8-16(4-6-21-13)9-17(18,19)10-16;2*1-2/h2-3,13,21H,4,6-10H2,1H3,(H,22,23);2*1-2H3. The predicted molar refractivity (Wildman–Crippen MR) is 109 cm³/mol. The van der Waals surface area contributed by atoms with E-state index in [2.05, 4.69) is 20.4 Å². The van der Waals surface area contributed by atoms with Gasteiger partial charge in [0, 0.05) is 24.4 Å². The number of aromatic nitrogens is 1. The summed E-state index contributed by atoms with van der Waals surface area (Å²) in [5.41, 5.74) is 0.567. The Kier molecular flexibility index (Phi) is 9.44. The number of hydrogen-bond acceptors (Lipinski definition) is 6. The monoisotopic (exact) mass is 410 g/mol. The van der Waals surface area contributed by atoms with Crippen molar-refractivity contribution < 1.29 is 18.3 Å². The van der Waals surface area contributed by atoms with Gasteiger partial charge in [-0.15, -0.1) is 0 Å². The minimum atomic E-state index is -2.56. The van der Waals surface area contributed by atoms with Crippen LogP contribution >= 0.6 is 0 Å². The third kappa shape index (κ3) is 6.10. The molecule has 162 valence electrons. The van der Waals surface area contributed by atoms with Gasteiger partial charge in [0.15, 0.2) is 5.69 Å². The fourth-order valence-corrected chi connectivity index (χ4v) is 3.94. The number of hydrogen-bond donors (Lipinski definition) is 2. The van der Waals surface area contributed by atoms with Crippen molar-refractivity contribution in [1.82, 2.24) is 10.3 Å². The molecule has 1 aliphatic heterocycles. The van der Waals surface area contributed by atoms with Gasteiger partial charge in [-0.05, 0) is 30.9 Å². The quantitative estimate of drug-likeness (QED) is 0.553. The first-order valence-corrected chi connectivity index (χ1v) is 10.2. The topological polar surface area (TPSA) is 87.0 Å². The van der Waals surface area contributed by atoms with E-state index in [1.165, 1.54) is 7.11 Å². The molecule has 2 N–H and O–H groups in total. The Balaban J connectivity index is 0.000000989. The molecule has 0 aromatic carbocycles. The number of piperidine rings is 1. The Labute approximate surface area is 172 Å². The van der Waals surface area contributed by atoms with Gasteiger partial charge in [0.05, 0.1) is 13.2 Å². The molecule has 1 aromatic rings. The smallest absolute Gasteiger partial charge is 0.356 e. The SMILES string of the molecule is CC.CC.COC(=O)c1ccc(C2CC3(CCN2)CC(F)(F)C3)c(NCC#N)n1. The molecule has 0 bridgehead atoms. The number of rotatable bonds is 4. The number of carbonyl (C=O) groups is 1. The first kappa shape index (κ1) is 24.8.